The van der Waals surface area contributed by atoms with Crippen molar-refractivity contribution in [2.45, 2.75) is 51.4 Å². The first-order valence-electron chi connectivity index (χ1n) is 6.72. The second kappa shape index (κ2) is 6.83. The summed E-state index contributed by atoms with van der Waals surface area (Å²) in [6.07, 6.45) is 4.26. The average molecular weight is 278 g/mol. The number of hydrogen-bond donors (Lipinski definition) is 1. The lowest BCUT2D eigenvalue weighted by molar-refractivity contribution is -0.131. The van der Waals surface area contributed by atoms with Gasteiger partial charge in [-0.05, 0) is 25.0 Å². The summed E-state index contributed by atoms with van der Waals surface area (Å²) in [5, 5.41) is 9.72. The largest absolute Gasteiger partial charge is 0.389 e. The van der Waals surface area contributed by atoms with Gasteiger partial charge in [0.25, 0.3) is 0 Å². The van der Waals surface area contributed by atoms with E-state index in [9.17, 15) is 14.7 Å². The molecule has 3 nitrogen and oxygen atoms in total. The molecule has 1 rings (SSSR count). The van der Waals surface area contributed by atoms with Gasteiger partial charge in [0, 0.05) is 12.8 Å². The van der Waals surface area contributed by atoms with Crippen LogP contribution in [0.5, 0.6) is 0 Å². The standard InChI is InChI=1S/C15H22O3Si/c1-19(2,3)10-5-4-7-12(16)11-15(18)13-8-6-9-14(13)17/h4,7,12-13,16H,6,8-9,11H2,1-3H3/b7-4-. The Kier molecular flexibility index (Phi) is 5.71. The molecule has 19 heavy (non-hydrogen) atoms. The lowest BCUT2D eigenvalue weighted by Gasteiger charge is -2.08. The molecule has 0 aromatic carbocycles. The van der Waals surface area contributed by atoms with E-state index in [1.54, 1.807) is 6.08 Å². The van der Waals surface area contributed by atoms with Gasteiger partial charge in [-0.1, -0.05) is 25.6 Å². The molecule has 2 atom stereocenters. The van der Waals surface area contributed by atoms with E-state index in [-0.39, 0.29) is 18.0 Å². The lowest BCUT2D eigenvalue weighted by Crippen LogP contribution is -2.22. The van der Waals surface area contributed by atoms with Crippen LogP contribution in [0.1, 0.15) is 25.7 Å². The fraction of sp³-hybridized carbons (Fsp3) is 0.600. The second-order valence-corrected chi connectivity index (χ2v) is 10.8. The van der Waals surface area contributed by atoms with Crippen LogP contribution in [0.4, 0.5) is 0 Å². The van der Waals surface area contributed by atoms with E-state index in [0.717, 1.165) is 6.42 Å². The number of Topliss-reactive ketones (excluding diaryl/α,β-unsaturated/α-hetero) is 2. The second-order valence-electron chi connectivity index (χ2n) is 6.03. The van der Waals surface area contributed by atoms with Gasteiger partial charge in [0.05, 0.1) is 12.0 Å². The van der Waals surface area contributed by atoms with E-state index in [0.29, 0.717) is 12.8 Å². The first-order chi connectivity index (χ1) is 8.79. The van der Waals surface area contributed by atoms with Crippen molar-refractivity contribution in [1.82, 2.24) is 0 Å². The third-order valence-corrected chi connectivity index (χ3v) is 3.85. The first kappa shape index (κ1) is 15.9. The molecule has 0 heterocycles. The fourth-order valence-electron chi connectivity index (χ4n) is 1.99. The summed E-state index contributed by atoms with van der Waals surface area (Å²) in [6.45, 7) is 6.42. The van der Waals surface area contributed by atoms with Crippen molar-refractivity contribution in [2.75, 3.05) is 0 Å². The number of ketones is 2. The number of allylic oxidation sites excluding steroid dienone is 1. The third kappa shape index (κ3) is 5.99. The van der Waals surface area contributed by atoms with Crippen LogP contribution >= 0.6 is 0 Å². The molecule has 0 radical (unpaired) electrons. The minimum Gasteiger partial charge on any atom is -0.389 e. The molecule has 1 aliphatic rings. The molecule has 0 spiro atoms. The Hall–Kier alpha value is -1.18. The summed E-state index contributed by atoms with van der Waals surface area (Å²) in [5.41, 5.74) is 3.14. The Morgan fingerprint density at radius 1 is 1.53 bits per heavy atom. The summed E-state index contributed by atoms with van der Waals surface area (Å²) in [5.74, 6) is 2.31. The highest BCUT2D eigenvalue weighted by atomic mass is 28.3. The Labute approximate surface area is 116 Å². The van der Waals surface area contributed by atoms with Crippen molar-refractivity contribution in [1.29, 1.82) is 0 Å². The number of carbonyl (C=O) groups is 2. The number of aliphatic hydroxyl groups excluding tert-OH is 1. The van der Waals surface area contributed by atoms with Crippen molar-refractivity contribution < 1.29 is 14.7 Å². The molecule has 0 amide bonds. The zero-order chi connectivity index (χ0) is 14.5. The Balaban J connectivity index is 2.44. The molecule has 2 unspecified atom stereocenters. The molecule has 0 bridgehead atoms. The molecule has 1 N–H and O–H groups in total. The highest BCUT2D eigenvalue weighted by Gasteiger charge is 2.31. The van der Waals surface area contributed by atoms with Gasteiger partial charge in [-0.15, -0.1) is 5.54 Å². The molecule has 1 saturated carbocycles. The SMILES string of the molecule is C[Si](C)(C)C#C/C=C\C(O)CC(=O)C1CCCC1=O. The van der Waals surface area contributed by atoms with Gasteiger partial charge in [0.2, 0.25) is 0 Å². The topological polar surface area (TPSA) is 54.4 Å². The summed E-state index contributed by atoms with van der Waals surface area (Å²) < 4.78 is 0. The Morgan fingerprint density at radius 3 is 2.74 bits per heavy atom. The van der Waals surface area contributed by atoms with Crippen LogP contribution in [0.2, 0.25) is 19.6 Å². The minimum atomic E-state index is -1.40. The van der Waals surface area contributed by atoms with Crippen LogP contribution in [0.25, 0.3) is 0 Å². The monoisotopic (exact) mass is 278 g/mol. The summed E-state index contributed by atoms with van der Waals surface area (Å²) in [6, 6.07) is 0. The van der Waals surface area contributed by atoms with E-state index in [2.05, 4.69) is 31.1 Å². The number of rotatable bonds is 4. The molecule has 0 saturated heterocycles. The average Bonchev–Trinajstić information content (AvgIpc) is 2.69. The number of carbonyl (C=O) groups excluding carboxylic acids is 2. The fourth-order valence-corrected chi connectivity index (χ4v) is 2.51. The summed E-state index contributed by atoms with van der Waals surface area (Å²) in [4.78, 5) is 23.2. The smallest absolute Gasteiger partial charge is 0.146 e. The molecule has 1 aliphatic carbocycles. The lowest BCUT2D eigenvalue weighted by atomic mass is 9.97. The van der Waals surface area contributed by atoms with Gasteiger partial charge >= 0.3 is 0 Å². The Bertz CT molecular complexity index is 435. The molecule has 4 heteroatoms. The maximum Gasteiger partial charge on any atom is 0.146 e. The first-order valence-corrected chi connectivity index (χ1v) is 10.2. The molecule has 0 aromatic rings. The van der Waals surface area contributed by atoms with Crippen molar-refractivity contribution in [3.63, 3.8) is 0 Å². The predicted octanol–water partition coefficient (Wildman–Crippen LogP) is 2.11. The van der Waals surface area contributed by atoms with Crippen LogP contribution in [0, 0.1) is 17.4 Å². The normalized spacial score (nSPS) is 21.3. The number of aliphatic hydroxyl groups is 1. The van der Waals surface area contributed by atoms with Gasteiger partial charge in [0.15, 0.2) is 0 Å². The highest BCUT2D eigenvalue weighted by molar-refractivity contribution is 6.83. The van der Waals surface area contributed by atoms with E-state index in [1.165, 1.54) is 6.08 Å². The third-order valence-electron chi connectivity index (χ3n) is 2.95. The van der Waals surface area contributed by atoms with Crippen LogP contribution in [0.3, 0.4) is 0 Å². The van der Waals surface area contributed by atoms with Gasteiger partial charge in [-0.2, -0.15) is 0 Å². The van der Waals surface area contributed by atoms with Crippen LogP contribution < -0.4 is 0 Å². The summed E-state index contributed by atoms with van der Waals surface area (Å²) in [7, 11) is -1.40. The predicted molar refractivity (Wildman–Crippen MR) is 78.2 cm³/mol. The molecule has 0 aliphatic heterocycles. The van der Waals surface area contributed by atoms with E-state index in [4.69, 9.17) is 0 Å². The zero-order valence-corrected chi connectivity index (χ0v) is 12.9. The van der Waals surface area contributed by atoms with E-state index < -0.39 is 20.1 Å². The van der Waals surface area contributed by atoms with Crippen LogP contribution in [-0.4, -0.2) is 30.9 Å². The Morgan fingerprint density at radius 2 is 2.21 bits per heavy atom. The number of hydrogen-bond acceptors (Lipinski definition) is 3. The van der Waals surface area contributed by atoms with Crippen LogP contribution in [0.15, 0.2) is 12.2 Å². The van der Waals surface area contributed by atoms with Gasteiger partial charge in [-0.3, -0.25) is 9.59 Å². The van der Waals surface area contributed by atoms with Crippen molar-refractivity contribution >= 4 is 19.6 Å². The minimum absolute atomic E-state index is 0.0154. The quantitative estimate of drug-likeness (QED) is 0.487. The molecule has 104 valence electrons. The highest BCUT2D eigenvalue weighted by Crippen LogP contribution is 2.23. The molecule has 0 aromatic heterocycles. The van der Waals surface area contributed by atoms with E-state index >= 15 is 0 Å². The molecular formula is C15H22O3Si. The van der Waals surface area contributed by atoms with Crippen LogP contribution in [-0.2, 0) is 9.59 Å². The van der Waals surface area contributed by atoms with Crippen molar-refractivity contribution in [2.24, 2.45) is 5.92 Å². The molecular weight excluding hydrogens is 256 g/mol. The maximum absolute atomic E-state index is 11.8. The zero-order valence-electron chi connectivity index (χ0n) is 11.9. The van der Waals surface area contributed by atoms with E-state index in [1.807, 2.05) is 0 Å². The van der Waals surface area contributed by atoms with Gasteiger partial charge in [-0.25, -0.2) is 0 Å². The molecule has 1 fully saturated rings. The van der Waals surface area contributed by atoms with Crippen molar-refractivity contribution in [3.8, 4) is 11.5 Å². The van der Waals surface area contributed by atoms with Gasteiger partial charge in [0.1, 0.15) is 19.6 Å². The summed E-state index contributed by atoms with van der Waals surface area (Å²) >= 11 is 0. The van der Waals surface area contributed by atoms with Crippen molar-refractivity contribution in [3.05, 3.63) is 12.2 Å². The van der Waals surface area contributed by atoms with Gasteiger partial charge < -0.3 is 5.11 Å². The maximum atomic E-state index is 11.8.